The van der Waals surface area contributed by atoms with E-state index in [-0.39, 0.29) is 18.4 Å². The summed E-state index contributed by atoms with van der Waals surface area (Å²) >= 11 is 6.02. The van der Waals surface area contributed by atoms with Crippen molar-refractivity contribution in [3.63, 3.8) is 0 Å². The number of methoxy groups -OCH3 is 1. The molecule has 0 bridgehead atoms. The van der Waals surface area contributed by atoms with Gasteiger partial charge in [-0.25, -0.2) is 0 Å². The number of benzene rings is 2. The van der Waals surface area contributed by atoms with Gasteiger partial charge < -0.3 is 9.64 Å². The SMILES string of the molecule is COc1cccc2c1C(c1ccc(Cl)cc1)N=C(N(C)C)C2.Cl. The third-order valence-electron chi connectivity index (χ3n) is 3.98. The van der Waals surface area contributed by atoms with Crippen molar-refractivity contribution in [3.05, 3.63) is 64.2 Å². The predicted molar refractivity (Wildman–Crippen MR) is 98.4 cm³/mol. The van der Waals surface area contributed by atoms with Crippen LogP contribution in [0.15, 0.2) is 47.5 Å². The Balaban J connectivity index is 0.00000192. The van der Waals surface area contributed by atoms with Gasteiger partial charge >= 0.3 is 0 Å². The lowest BCUT2D eigenvalue weighted by Crippen LogP contribution is -2.29. The monoisotopic (exact) mass is 350 g/mol. The van der Waals surface area contributed by atoms with Gasteiger partial charge in [-0.2, -0.15) is 0 Å². The second kappa shape index (κ2) is 7.24. The standard InChI is InChI=1S/C18H19ClN2O.ClH/c1-21(2)16-11-13-5-4-6-15(22-3)17(13)18(20-16)12-7-9-14(19)10-8-12;/h4-10,18H,11H2,1-3H3;1H. The number of fused-ring (bicyclic) bond motifs is 1. The van der Waals surface area contributed by atoms with Crippen molar-refractivity contribution in [2.75, 3.05) is 21.2 Å². The lowest BCUT2D eigenvalue weighted by Gasteiger charge is -2.29. The van der Waals surface area contributed by atoms with Crippen molar-refractivity contribution in [3.8, 4) is 5.75 Å². The Morgan fingerprint density at radius 1 is 1.13 bits per heavy atom. The molecular weight excluding hydrogens is 331 g/mol. The molecule has 122 valence electrons. The number of hydrogen-bond donors (Lipinski definition) is 0. The van der Waals surface area contributed by atoms with Gasteiger partial charge in [0.25, 0.3) is 0 Å². The Morgan fingerprint density at radius 2 is 1.83 bits per heavy atom. The lowest BCUT2D eigenvalue weighted by molar-refractivity contribution is 0.406. The fourth-order valence-corrected chi connectivity index (χ4v) is 2.95. The first-order valence-electron chi connectivity index (χ1n) is 7.25. The molecule has 0 N–H and O–H groups in total. The molecule has 0 aromatic heterocycles. The summed E-state index contributed by atoms with van der Waals surface area (Å²) in [7, 11) is 5.77. The van der Waals surface area contributed by atoms with Gasteiger partial charge in [0.15, 0.2) is 0 Å². The van der Waals surface area contributed by atoms with Crippen molar-refractivity contribution in [1.82, 2.24) is 4.90 Å². The van der Waals surface area contributed by atoms with Crippen molar-refractivity contribution in [2.24, 2.45) is 4.99 Å². The number of amidine groups is 1. The Labute approximate surface area is 148 Å². The Bertz CT molecular complexity index is 711. The van der Waals surface area contributed by atoms with Gasteiger partial charge in [0, 0.05) is 31.1 Å². The molecule has 23 heavy (non-hydrogen) atoms. The first kappa shape index (κ1) is 17.6. The third kappa shape index (κ3) is 3.46. The lowest BCUT2D eigenvalue weighted by atomic mass is 9.89. The number of aliphatic imine (C=N–C) groups is 1. The molecule has 2 aromatic rings. The van der Waals surface area contributed by atoms with Crippen molar-refractivity contribution < 1.29 is 4.74 Å². The number of halogens is 2. The van der Waals surface area contributed by atoms with Crippen LogP contribution in [-0.2, 0) is 6.42 Å². The van der Waals surface area contributed by atoms with Crippen molar-refractivity contribution in [1.29, 1.82) is 0 Å². The topological polar surface area (TPSA) is 24.8 Å². The molecule has 0 aliphatic carbocycles. The molecule has 1 aliphatic rings. The van der Waals surface area contributed by atoms with Crippen LogP contribution in [0.1, 0.15) is 22.7 Å². The normalized spacial score (nSPS) is 16.0. The molecule has 1 unspecified atom stereocenters. The van der Waals surface area contributed by atoms with E-state index in [1.165, 1.54) is 5.56 Å². The highest BCUT2D eigenvalue weighted by Gasteiger charge is 2.27. The number of likely N-dealkylation sites (N-methyl/N-ethyl adjacent to an activating group) is 1. The first-order valence-corrected chi connectivity index (χ1v) is 7.63. The predicted octanol–water partition coefficient (Wildman–Crippen LogP) is 4.38. The molecule has 0 spiro atoms. The second-order valence-corrected chi connectivity index (χ2v) is 6.04. The van der Waals surface area contributed by atoms with Crippen molar-refractivity contribution >= 4 is 29.8 Å². The van der Waals surface area contributed by atoms with E-state index in [0.29, 0.717) is 0 Å². The summed E-state index contributed by atoms with van der Waals surface area (Å²) in [6.45, 7) is 0. The van der Waals surface area contributed by atoms with E-state index in [9.17, 15) is 0 Å². The highest BCUT2D eigenvalue weighted by Crippen LogP contribution is 2.39. The van der Waals surface area contributed by atoms with Gasteiger partial charge in [-0.15, -0.1) is 12.4 Å². The maximum atomic E-state index is 6.02. The molecule has 0 saturated carbocycles. The maximum absolute atomic E-state index is 6.02. The smallest absolute Gasteiger partial charge is 0.124 e. The fourth-order valence-electron chi connectivity index (χ4n) is 2.82. The van der Waals surface area contributed by atoms with E-state index >= 15 is 0 Å². The summed E-state index contributed by atoms with van der Waals surface area (Å²) in [4.78, 5) is 7.03. The van der Waals surface area contributed by atoms with Crippen LogP contribution in [0.3, 0.4) is 0 Å². The average molecular weight is 351 g/mol. The molecule has 5 heteroatoms. The van der Waals surface area contributed by atoms with Gasteiger partial charge in [0.05, 0.1) is 7.11 Å². The van der Waals surface area contributed by atoms with E-state index in [0.717, 1.165) is 34.2 Å². The van der Waals surface area contributed by atoms with Gasteiger partial charge in [-0.05, 0) is 29.3 Å². The number of rotatable bonds is 2. The highest BCUT2D eigenvalue weighted by atomic mass is 35.5. The van der Waals surface area contributed by atoms with Gasteiger partial charge in [0.2, 0.25) is 0 Å². The second-order valence-electron chi connectivity index (χ2n) is 5.60. The molecular formula is C18H20Cl2N2O. The minimum absolute atomic E-state index is 0. The van der Waals surface area contributed by atoms with Gasteiger partial charge in [-0.3, -0.25) is 4.99 Å². The molecule has 0 fully saturated rings. The van der Waals surface area contributed by atoms with Crippen LogP contribution >= 0.6 is 24.0 Å². The van der Waals surface area contributed by atoms with E-state index in [1.54, 1.807) is 7.11 Å². The minimum Gasteiger partial charge on any atom is -0.496 e. The summed E-state index contributed by atoms with van der Waals surface area (Å²) in [5.74, 6) is 1.96. The Kier molecular flexibility index (Phi) is 5.55. The molecule has 1 heterocycles. The van der Waals surface area contributed by atoms with Crippen LogP contribution in [0.5, 0.6) is 5.75 Å². The summed E-state index contributed by atoms with van der Waals surface area (Å²) < 4.78 is 5.57. The summed E-state index contributed by atoms with van der Waals surface area (Å²) in [6.07, 6.45) is 0.823. The summed E-state index contributed by atoms with van der Waals surface area (Å²) in [5, 5.41) is 0.733. The van der Waals surface area contributed by atoms with Gasteiger partial charge in [-0.1, -0.05) is 35.9 Å². The summed E-state index contributed by atoms with van der Waals surface area (Å²) in [5.41, 5.74) is 3.53. The largest absolute Gasteiger partial charge is 0.496 e. The Hall–Kier alpha value is -1.71. The van der Waals surface area contributed by atoms with Crippen LogP contribution in [0, 0.1) is 0 Å². The molecule has 2 aromatic carbocycles. The highest BCUT2D eigenvalue weighted by molar-refractivity contribution is 6.30. The zero-order chi connectivity index (χ0) is 15.7. The van der Waals surface area contributed by atoms with Crippen LogP contribution in [0.4, 0.5) is 0 Å². The van der Waals surface area contributed by atoms with Gasteiger partial charge in [0.1, 0.15) is 17.6 Å². The third-order valence-corrected chi connectivity index (χ3v) is 4.23. The molecule has 3 nitrogen and oxygen atoms in total. The molecule has 1 aliphatic heterocycles. The molecule has 1 atom stereocenters. The van der Waals surface area contributed by atoms with E-state index in [4.69, 9.17) is 21.3 Å². The number of ether oxygens (including phenoxy) is 1. The molecule has 0 amide bonds. The molecule has 0 saturated heterocycles. The van der Waals surface area contributed by atoms with E-state index in [1.807, 2.05) is 50.5 Å². The zero-order valence-electron chi connectivity index (χ0n) is 13.4. The first-order chi connectivity index (χ1) is 10.6. The van der Waals surface area contributed by atoms with E-state index in [2.05, 4.69) is 11.0 Å². The fraction of sp³-hybridized carbons (Fsp3) is 0.278. The summed E-state index contributed by atoms with van der Waals surface area (Å²) in [6, 6.07) is 14.0. The number of hydrogen-bond acceptors (Lipinski definition) is 3. The minimum atomic E-state index is -0.0606. The van der Waals surface area contributed by atoms with Crippen LogP contribution in [0.25, 0.3) is 0 Å². The van der Waals surface area contributed by atoms with Crippen molar-refractivity contribution in [2.45, 2.75) is 12.5 Å². The maximum Gasteiger partial charge on any atom is 0.124 e. The van der Waals surface area contributed by atoms with E-state index < -0.39 is 0 Å². The average Bonchev–Trinajstić information content (AvgIpc) is 2.53. The van der Waals surface area contributed by atoms with Crippen LogP contribution in [-0.4, -0.2) is 31.9 Å². The molecule has 3 rings (SSSR count). The number of nitrogens with zero attached hydrogens (tertiary/aromatic N) is 2. The zero-order valence-corrected chi connectivity index (χ0v) is 15.0. The van der Waals surface area contributed by atoms with Crippen LogP contribution < -0.4 is 4.74 Å². The Morgan fingerprint density at radius 3 is 2.43 bits per heavy atom. The molecule has 0 radical (unpaired) electrons. The van der Waals surface area contributed by atoms with Crippen LogP contribution in [0.2, 0.25) is 5.02 Å². The quantitative estimate of drug-likeness (QED) is 0.802.